The van der Waals surface area contributed by atoms with E-state index in [2.05, 4.69) is 15.3 Å². The van der Waals surface area contributed by atoms with E-state index in [1.807, 2.05) is 6.07 Å². The van der Waals surface area contributed by atoms with E-state index < -0.39 is 0 Å². The van der Waals surface area contributed by atoms with Gasteiger partial charge in [-0.25, -0.2) is 9.97 Å². The molecule has 1 aromatic rings. The topological polar surface area (TPSA) is 61.6 Å². The number of rotatable bonds is 3. The van der Waals surface area contributed by atoms with Crippen LogP contribution in [0.5, 0.6) is 0 Å². The fourth-order valence-corrected chi connectivity index (χ4v) is 1.42. The number of nitrogens with zero attached hydrogens (tertiary/aromatic N) is 3. The van der Waals surface area contributed by atoms with Crippen LogP contribution in [0.2, 0.25) is 0 Å². The number of anilines is 1. The van der Waals surface area contributed by atoms with Crippen molar-refractivity contribution >= 4 is 5.82 Å². The summed E-state index contributed by atoms with van der Waals surface area (Å²) in [4.78, 5) is 8.02. The van der Waals surface area contributed by atoms with Gasteiger partial charge in [0.2, 0.25) is 0 Å². The molecule has 0 unspecified atom stereocenters. The normalized spacial score (nSPS) is 15.6. The van der Waals surface area contributed by atoms with Gasteiger partial charge in [0, 0.05) is 6.54 Å². The average molecular weight is 188 g/mol. The van der Waals surface area contributed by atoms with Crippen molar-refractivity contribution < 1.29 is 0 Å². The van der Waals surface area contributed by atoms with Gasteiger partial charge in [0.05, 0.1) is 12.4 Å². The Morgan fingerprint density at radius 3 is 2.79 bits per heavy atom. The third-order valence-corrected chi connectivity index (χ3v) is 2.56. The second kappa shape index (κ2) is 4.05. The van der Waals surface area contributed by atoms with Crippen molar-refractivity contribution in [3.05, 3.63) is 18.1 Å². The quantitative estimate of drug-likeness (QED) is 0.781. The average Bonchev–Trinajstić information content (AvgIpc) is 2.16. The smallest absolute Gasteiger partial charge is 0.158 e. The molecule has 0 spiro atoms. The van der Waals surface area contributed by atoms with Crippen LogP contribution < -0.4 is 5.32 Å². The Hall–Kier alpha value is -1.63. The van der Waals surface area contributed by atoms with E-state index in [0.717, 1.165) is 18.3 Å². The molecule has 1 saturated carbocycles. The van der Waals surface area contributed by atoms with Crippen LogP contribution in [0, 0.1) is 17.2 Å². The minimum Gasteiger partial charge on any atom is -0.369 e. The summed E-state index contributed by atoms with van der Waals surface area (Å²) in [5.74, 6) is 1.56. The highest BCUT2D eigenvalue weighted by atomic mass is 15.0. The van der Waals surface area contributed by atoms with Crippen molar-refractivity contribution in [1.82, 2.24) is 9.97 Å². The molecule has 0 saturated heterocycles. The first-order valence-corrected chi connectivity index (χ1v) is 4.84. The number of aromatic nitrogens is 2. The Bertz CT molecular complexity index is 334. The first-order valence-electron chi connectivity index (χ1n) is 4.84. The molecule has 4 heteroatoms. The van der Waals surface area contributed by atoms with Gasteiger partial charge in [-0.1, -0.05) is 6.42 Å². The van der Waals surface area contributed by atoms with Crippen LogP contribution in [0.1, 0.15) is 25.0 Å². The van der Waals surface area contributed by atoms with Crippen LogP contribution in [0.4, 0.5) is 5.82 Å². The maximum Gasteiger partial charge on any atom is 0.158 e. The molecular weight excluding hydrogens is 176 g/mol. The third kappa shape index (κ3) is 1.99. The Balaban J connectivity index is 1.86. The number of hydrogen-bond acceptors (Lipinski definition) is 4. The number of hydrogen-bond donors (Lipinski definition) is 1. The highest BCUT2D eigenvalue weighted by Crippen LogP contribution is 2.26. The van der Waals surface area contributed by atoms with Gasteiger partial charge in [0.1, 0.15) is 11.9 Å². The number of nitrogens with one attached hydrogen (secondary N) is 1. The SMILES string of the molecule is N#Cc1cnc(NCC2CCC2)cn1. The molecule has 2 rings (SSSR count). The van der Waals surface area contributed by atoms with E-state index in [4.69, 9.17) is 5.26 Å². The minimum atomic E-state index is 0.360. The van der Waals surface area contributed by atoms with Gasteiger partial charge in [-0.3, -0.25) is 0 Å². The summed E-state index contributed by atoms with van der Waals surface area (Å²) >= 11 is 0. The standard InChI is InChI=1S/C10H12N4/c11-4-9-6-14-10(7-12-9)13-5-8-2-1-3-8/h6-8H,1-3,5H2,(H,13,14). The Morgan fingerprint density at radius 1 is 1.43 bits per heavy atom. The summed E-state index contributed by atoms with van der Waals surface area (Å²) in [6, 6.07) is 1.94. The van der Waals surface area contributed by atoms with Crippen LogP contribution in [0.15, 0.2) is 12.4 Å². The molecule has 0 amide bonds. The van der Waals surface area contributed by atoms with Gasteiger partial charge in [-0.15, -0.1) is 0 Å². The zero-order valence-corrected chi connectivity index (χ0v) is 7.90. The Morgan fingerprint density at radius 2 is 2.29 bits per heavy atom. The van der Waals surface area contributed by atoms with E-state index in [0.29, 0.717) is 5.69 Å². The van der Waals surface area contributed by atoms with Crippen molar-refractivity contribution in [3.8, 4) is 6.07 Å². The zero-order chi connectivity index (χ0) is 9.80. The van der Waals surface area contributed by atoms with Crippen LogP contribution >= 0.6 is 0 Å². The second-order valence-corrected chi connectivity index (χ2v) is 3.58. The lowest BCUT2D eigenvalue weighted by atomic mass is 9.85. The zero-order valence-electron chi connectivity index (χ0n) is 7.90. The lowest BCUT2D eigenvalue weighted by Gasteiger charge is -2.25. The van der Waals surface area contributed by atoms with Crippen molar-refractivity contribution in [1.29, 1.82) is 5.26 Å². The van der Waals surface area contributed by atoms with Crippen molar-refractivity contribution in [2.45, 2.75) is 19.3 Å². The summed E-state index contributed by atoms with van der Waals surface area (Å²) in [5, 5.41) is 11.7. The molecule has 14 heavy (non-hydrogen) atoms. The Kier molecular flexibility index (Phi) is 2.59. The molecule has 1 aliphatic carbocycles. The molecule has 0 radical (unpaired) electrons. The monoisotopic (exact) mass is 188 g/mol. The molecule has 1 fully saturated rings. The molecule has 1 heterocycles. The second-order valence-electron chi connectivity index (χ2n) is 3.58. The fourth-order valence-electron chi connectivity index (χ4n) is 1.42. The summed E-state index contributed by atoms with van der Waals surface area (Å²) in [6.45, 7) is 0.973. The first-order chi connectivity index (χ1) is 6.88. The molecule has 0 aliphatic heterocycles. The van der Waals surface area contributed by atoms with Crippen LogP contribution in [-0.2, 0) is 0 Å². The van der Waals surface area contributed by atoms with Gasteiger partial charge in [0.15, 0.2) is 5.69 Å². The van der Waals surface area contributed by atoms with E-state index in [1.54, 1.807) is 6.20 Å². The molecule has 1 aliphatic rings. The van der Waals surface area contributed by atoms with E-state index >= 15 is 0 Å². The highest BCUT2D eigenvalue weighted by Gasteiger charge is 2.16. The van der Waals surface area contributed by atoms with Crippen molar-refractivity contribution in [2.24, 2.45) is 5.92 Å². The maximum atomic E-state index is 8.52. The first kappa shape index (κ1) is 8.95. The van der Waals surface area contributed by atoms with Gasteiger partial charge in [-0.05, 0) is 18.8 Å². The molecular formula is C10H12N4. The van der Waals surface area contributed by atoms with Crippen LogP contribution in [0.3, 0.4) is 0 Å². The lowest BCUT2D eigenvalue weighted by Crippen LogP contribution is -2.21. The van der Waals surface area contributed by atoms with Crippen molar-refractivity contribution in [3.63, 3.8) is 0 Å². The van der Waals surface area contributed by atoms with Gasteiger partial charge in [0.25, 0.3) is 0 Å². The molecule has 1 aromatic heterocycles. The highest BCUT2D eigenvalue weighted by molar-refractivity contribution is 5.33. The van der Waals surface area contributed by atoms with Crippen LogP contribution in [0.25, 0.3) is 0 Å². The molecule has 72 valence electrons. The van der Waals surface area contributed by atoms with Gasteiger partial charge in [-0.2, -0.15) is 5.26 Å². The minimum absolute atomic E-state index is 0.360. The molecule has 0 aromatic carbocycles. The van der Waals surface area contributed by atoms with E-state index in [9.17, 15) is 0 Å². The summed E-state index contributed by atoms with van der Waals surface area (Å²) < 4.78 is 0. The molecule has 4 nitrogen and oxygen atoms in total. The molecule has 0 bridgehead atoms. The molecule has 1 N–H and O–H groups in total. The summed E-state index contributed by atoms with van der Waals surface area (Å²) in [5.41, 5.74) is 0.360. The Labute approximate surface area is 83.0 Å². The predicted octanol–water partition coefficient (Wildman–Crippen LogP) is 1.56. The predicted molar refractivity (Wildman–Crippen MR) is 52.6 cm³/mol. The molecule has 0 atom stereocenters. The lowest BCUT2D eigenvalue weighted by molar-refractivity contribution is 0.333. The van der Waals surface area contributed by atoms with Gasteiger partial charge >= 0.3 is 0 Å². The third-order valence-electron chi connectivity index (χ3n) is 2.56. The van der Waals surface area contributed by atoms with Crippen molar-refractivity contribution in [2.75, 3.05) is 11.9 Å². The largest absolute Gasteiger partial charge is 0.369 e. The van der Waals surface area contributed by atoms with E-state index in [1.165, 1.54) is 25.5 Å². The maximum absolute atomic E-state index is 8.52. The number of nitriles is 1. The van der Waals surface area contributed by atoms with Gasteiger partial charge < -0.3 is 5.32 Å². The van der Waals surface area contributed by atoms with Crippen LogP contribution in [-0.4, -0.2) is 16.5 Å². The summed E-state index contributed by atoms with van der Waals surface area (Å²) in [6.07, 6.45) is 7.08. The van der Waals surface area contributed by atoms with E-state index in [-0.39, 0.29) is 0 Å². The fraction of sp³-hybridized carbons (Fsp3) is 0.500. The summed E-state index contributed by atoms with van der Waals surface area (Å²) in [7, 11) is 0.